The molecule has 1 fully saturated rings. The van der Waals surface area contributed by atoms with Gasteiger partial charge in [-0.15, -0.1) is 35.3 Å². The van der Waals surface area contributed by atoms with Crippen LogP contribution >= 0.6 is 35.3 Å². The Morgan fingerprint density at radius 1 is 1.22 bits per heavy atom. The lowest BCUT2D eigenvalue weighted by atomic mass is 10.0. The second kappa shape index (κ2) is 11.2. The van der Waals surface area contributed by atoms with E-state index in [1.54, 1.807) is 11.3 Å². The fourth-order valence-corrected chi connectivity index (χ4v) is 3.93. The number of hydrogen-bond donors (Lipinski definition) is 2. The zero-order chi connectivity index (χ0) is 15.8. The average molecular weight is 450 g/mol. The van der Waals surface area contributed by atoms with Crippen molar-refractivity contribution < 1.29 is 0 Å². The minimum atomic E-state index is 0. The van der Waals surface area contributed by atoms with Gasteiger partial charge in [0, 0.05) is 18.5 Å². The summed E-state index contributed by atoms with van der Waals surface area (Å²) in [5.74, 6) is 1.89. The Balaban J connectivity index is 0.00000264. The minimum Gasteiger partial charge on any atom is -0.356 e. The molecule has 0 unspecified atom stereocenters. The van der Waals surface area contributed by atoms with Crippen LogP contribution in [0, 0.1) is 19.8 Å². The molecule has 23 heavy (non-hydrogen) atoms. The van der Waals surface area contributed by atoms with Gasteiger partial charge in [0.25, 0.3) is 0 Å². The molecule has 2 N–H and O–H groups in total. The Kier molecular flexibility index (Phi) is 10.1. The van der Waals surface area contributed by atoms with Gasteiger partial charge in [0.05, 0.1) is 12.2 Å². The summed E-state index contributed by atoms with van der Waals surface area (Å²) in [4.78, 5) is 10.1. The highest BCUT2D eigenvalue weighted by Gasteiger charge is 2.13. The standard InChI is InChI=1S/C17H30N4S.HI/c1-13-14(2)22-16(21-13)12-20-17(18-3)19-11-7-6-10-15-8-4-5-9-15;/h15H,4-12H2,1-3H3,(H2,18,19,20);1H. The van der Waals surface area contributed by atoms with Crippen LogP contribution in [-0.4, -0.2) is 24.5 Å². The van der Waals surface area contributed by atoms with E-state index in [9.17, 15) is 0 Å². The van der Waals surface area contributed by atoms with Crippen LogP contribution in [0.3, 0.4) is 0 Å². The average Bonchev–Trinajstić information content (AvgIpc) is 3.12. The molecule has 1 saturated carbocycles. The summed E-state index contributed by atoms with van der Waals surface area (Å²) < 4.78 is 0. The lowest BCUT2D eigenvalue weighted by Gasteiger charge is -2.12. The third kappa shape index (κ3) is 7.37. The molecular weight excluding hydrogens is 419 g/mol. The largest absolute Gasteiger partial charge is 0.356 e. The molecule has 0 aromatic carbocycles. The molecule has 1 aliphatic rings. The molecule has 1 aromatic heterocycles. The lowest BCUT2D eigenvalue weighted by Crippen LogP contribution is -2.37. The molecule has 4 nitrogen and oxygen atoms in total. The zero-order valence-electron chi connectivity index (χ0n) is 14.7. The van der Waals surface area contributed by atoms with Crippen LogP contribution in [0.2, 0.25) is 0 Å². The van der Waals surface area contributed by atoms with Gasteiger partial charge in [-0.05, 0) is 26.2 Å². The Hall–Kier alpha value is -0.370. The summed E-state index contributed by atoms with van der Waals surface area (Å²) in [5.41, 5.74) is 1.14. The molecule has 1 aliphatic carbocycles. The summed E-state index contributed by atoms with van der Waals surface area (Å²) in [7, 11) is 1.83. The molecule has 2 rings (SSSR count). The number of aromatic nitrogens is 1. The fourth-order valence-electron chi connectivity index (χ4n) is 3.06. The van der Waals surface area contributed by atoms with Crippen LogP contribution in [0.5, 0.6) is 0 Å². The van der Waals surface area contributed by atoms with Crippen molar-refractivity contribution >= 4 is 41.3 Å². The number of guanidine groups is 1. The van der Waals surface area contributed by atoms with E-state index in [1.165, 1.54) is 49.8 Å². The molecule has 0 aliphatic heterocycles. The number of rotatable bonds is 7. The van der Waals surface area contributed by atoms with Crippen molar-refractivity contribution in [2.24, 2.45) is 10.9 Å². The van der Waals surface area contributed by atoms with Gasteiger partial charge in [0.15, 0.2) is 5.96 Å². The Morgan fingerprint density at radius 3 is 2.57 bits per heavy atom. The third-order valence-corrected chi connectivity index (χ3v) is 5.58. The quantitative estimate of drug-likeness (QED) is 0.280. The van der Waals surface area contributed by atoms with Crippen molar-refractivity contribution in [3.05, 3.63) is 15.6 Å². The number of nitrogens with zero attached hydrogens (tertiary/aromatic N) is 2. The first-order valence-corrected chi connectivity index (χ1v) is 9.38. The maximum atomic E-state index is 4.54. The number of halogens is 1. The highest BCUT2D eigenvalue weighted by atomic mass is 127. The van der Waals surface area contributed by atoms with Crippen LogP contribution in [0.4, 0.5) is 0 Å². The van der Waals surface area contributed by atoms with Crippen LogP contribution in [0.25, 0.3) is 0 Å². The number of nitrogens with one attached hydrogen (secondary N) is 2. The summed E-state index contributed by atoms with van der Waals surface area (Å²) in [6.45, 7) is 5.93. The van der Waals surface area contributed by atoms with E-state index in [4.69, 9.17) is 0 Å². The SMILES string of the molecule is CN=C(NCCCCC1CCCC1)NCc1nc(C)c(C)s1.I. The second-order valence-electron chi connectivity index (χ2n) is 6.25. The number of aryl methyl sites for hydroxylation is 2. The molecule has 0 saturated heterocycles. The Labute approximate surface area is 162 Å². The first-order chi connectivity index (χ1) is 10.7. The summed E-state index contributed by atoms with van der Waals surface area (Å²) in [6.07, 6.45) is 9.80. The maximum absolute atomic E-state index is 4.54. The normalized spacial score (nSPS) is 15.5. The van der Waals surface area contributed by atoms with Crippen molar-refractivity contribution in [2.75, 3.05) is 13.6 Å². The monoisotopic (exact) mass is 450 g/mol. The fraction of sp³-hybridized carbons (Fsp3) is 0.765. The van der Waals surface area contributed by atoms with Gasteiger partial charge < -0.3 is 10.6 Å². The van der Waals surface area contributed by atoms with Crippen molar-refractivity contribution in [1.29, 1.82) is 0 Å². The van der Waals surface area contributed by atoms with Gasteiger partial charge in [0.1, 0.15) is 5.01 Å². The van der Waals surface area contributed by atoms with E-state index in [0.717, 1.165) is 35.7 Å². The van der Waals surface area contributed by atoms with E-state index in [2.05, 4.69) is 34.5 Å². The lowest BCUT2D eigenvalue weighted by molar-refractivity contribution is 0.472. The van der Waals surface area contributed by atoms with Gasteiger partial charge in [-0.25, -0.2) is 4.98 Å². The van der Waals surface area contributed by atoms with E-state index < -0.39 is 0 Å². The van der Waals surface area contributed by atoms with E-state index in [0.29, 0.717) is 0 Å². The first kappa shape index (κ1) is 20.7. The molecule has 6 heteroatoms. The molecule has 132 valence electrons. The topological polar surface area (TPSA) is 49.3 Å². The predicted octanol–water partition coefficient (Wildman–Crippen LogP) is 4.40. The van der Waals surface area contributed by atoms with Crippen molar-refractivity contribution in [3.63, 3.8) is 0 Å². The van der Waals surface area contributed by atoms with Crippen LogP contribution in [0.1, 0.15) is 60.5 Å². The highest BCUT2D eigenvalue weighted by molar-refractivity contribution is 14.0. The van der Waals surface area contributed by atoms with E-state index in [-0.39, 0.29) is 24.0 Å². The highest BCUT2D eigenvalue weighted by Crippen LogP contribution is 2.28. The number of aliphatic imine (C=N–C) groups is 1. The minimum absolute atomic E-state index is 0. The molecule has 0 amide bonds. The molecule has 0 radical (unpaired) electrons. The van der Waals surface area contributed by atoms with Crippen molar-refractivity contribution in [3.8, 4) is 0 Å². The van der Waals surface area contributed by atoms with Crippen molar-refractivity contribution in [2.45, 2.75) is 65.3 Å². The van der Waals surface area contributed by atoms with Crippen molar-refractivity contribution in [1.82, 2.24) is 15.6 Å². The number of hydrogen-bond acceptors (Lipinski definition) is 3. The first-order valence-electron chi connectivity index (χ1n) is 8.56. The summed E-state index contributed by atoms with van der Waals surface area (Å²) >= 11 is 1.76. The summed E-state index contributed by atoms with van der Waals surface area (Å²) in [6, 6.07) is 0. The summed E-state index contributed by atoms with van der Waals surface area (Å²) in [5, 5.41) is 7.87. The zero-order valence-corrected chi connectivity index (χ0v) is 17.8. The van der Waals surface area contributed by atoms with Gasteiger partial charge in [0.2, 0.25) is 0 Å². The third-order valence-electron chi connectivity index (χ3n) is 4.51. The molecule has 0 atom stereocenters. The Bertz CT molecular complexity index is 461. The molecule has 1 heterocycles. The molecule has 1 aromatic rings. The maximum Gasteiger partial charge on any atom is 0.191 e. The van der Waals surface area contributed by atoms with Gasteiger partial charge in [-0.3, -0.25) is 4.99 Å². The van der Waals surface area contributed by atoms with Gasteiger partial charge in [-0.2, -0.15) is 0 Å². The predicted molar refractivity (Wildman–Crippen MR) is 111 cm³/mol. The Morgan fingerprint density at radius 2 is 1.96 bits per heavy atom. The number of thiazole rings is 1. The molecular formula is C17H31IN4S. The van der Waals surface area contributed by atoms with Gasteiger partial charge >= 0.3 is 0 Å². The molecule has 0 spiro atoms. The van der Waals surface area contributed by atoms with Crippen LogP contribution in [-0.2, 0) is 6.54 Å². The second-order valence-corrected chi connectivity index (χ2v) is 7.54. The number of unbranched alkanes of at least 4 members (excludes halogenated alkanes) is 1. The smallest absolute Gasteiger partial charge is 0.191 e. The van der Waals surface area contributed by atoms with E-state index >= 15 is 0 Å². The van der Waals surface area contributed by atoms with Gasteiger partial charge in [-0.1, -0.05) is 38.5 Å². The van der Waals surface area contributed by atoms with E-state index in [1.807, 2.05) is 7.05 Å². The van der Waals surface area contributed by atoms with Crippen LogP contribution < -0.4 is 10.6 Å². The van der Waals surface area contributed by atoms with Crippen LogP contribution in [0.15, 0.2) is 4.99 Å². The molecule has 0 bridgehead atoms.